The van der Waals surface area contributed by atoms with E-state index in [1.807, 2.05) is 37.3 Å². The van der Waals surface area contributed by atoms with Crippen LogP contribution in [-0.2, 0) is 11.2 Å². The van der Waals surface area contributed by atoms with E-state index in [0.717, 1.165) is 17.4 Å². The maximum Gasteiger partial charge on any atom is 0.338 e. The van der Waals surface area contributed by atoms with Crippen LogP contribution >= 0.6 is 0 Å². The molecule has 0 spiro atoms. The molecule has 0 radical (unpaired) electrons. The summed E-state index contributed by atoms with van der Waals surface area (Å²) in [4.78, 5) is 12.1. The van der Waals surface area contributed by atoms with Crippen molar-refractivity contribution in [1.29, 1.82) is 0 Å². The molecule has 3 rings (SSSR count). The molecule has 0 aliphatic carbocycles. The van der Waals surface area contributed by atoms with Gasteiger partial charge >= 0.3 is 5.97 Å². The molecule has 0 saturated carbocycles. The van der Waals surface area contributed by atoms with Crippen molar-refractivity contribution in [3.63, 3.8) is 0 Å². The molecular weight excluding hydrogens is 284 g/mol. The minimum absolute atomic E-state index is 0.260. The zero-order valence-electron chi connectivity index (χ0n) is 13.5. The number of aryl methyl sites for hydroxylation is 1. The van der Waals surface area contributed by atoms with Crippen LogP contribution < -0.4 is 0 Å². The minimum atomic E-state index is -0.260. The summed E-state index contributed by atoms with van der Waals surface area (Å²) in [5.74, 6) is -0.260. The van der Waals surface area contributed by atoms with Gasteiger partial charge in [-0.05, 0) is 54.3 Å². The maximum absolute atomic E-state index is 12.1. The number of carbonyl (C=O) groups is 1. The molecule has 0 saturated heterocycles. The number of rotatable bonds is 4. The van der Waals surface area contributed by atoms with Crippen LogP contribution in [0.3, 0.4) is 0 Å². The second-order valence-electron chi connectivity index (χ2n) is 5.74. The number of esters is 1. The molecule has 2 heteroatoms. The minimum Gasteiger partial charge on any atom is -0.462 e. The number of ether oxygens (including phenoxy) is 1. The van der Waals surface area contributed by atoms with E-state index >= 15 is 0 Å². The Bertz CT molecular complexity index is 835. The molecule has 0 aliphatic rings. The highest BCUT2D eigenvalue weighted by Gasteiger charge is 2.12. The number of carbonyl (C=O) groups excluding carboxylic acids is 1. The molecule has 0 aromatic heterocycles. The summed E-state index contributed by atoms with van der Waals surface area (Å²) >= 11 is 0. The van der Waals surface area contributed by atoms with Gasteiger partial charge in [0.15, 0.2) is 0 Å². The SMILES string of the molecule is CCOC(=O)c1cc(Cc2ccccc2)c2cc(C)ccc2c1. The lowest BCUT2D eigenvalue weighted by molar-refractivity contribution is 0.0526. The second-order valence-corrected chi connectivity index (χ2v) is 5.74. The quantitative estimate of drug-likeness (QED) is 0.640. The Morgan fingerprint density at radius 3 is 2.52 bits per heavy atom. The molecule has 0 fully saturated rings. The van der Waals surface area contributed by atoms with Gasteiger partial charge in [-0.25, -0.2) is 4.79 Å². The molecular formula is C21H20O2. The first-order valence-corrected chi connectivity index (χ1v) is 7.91. The van der Waals surface area contributed by atoms with Crippen molar-refractivity contribution in [3.8, 4) is 0 Å². The van der Waals surface area contributed by atoms with Crippen LogP contribution in [0, 0.1) is 6.92 Å². The first kappa shape index (κ1) is 15.3. The molecule has 116 valence electrons. The van der Waals surface area contributed by atoms with Crippen molar-refractivity contribution in [2.24, 2.45) is 0 Å². The number of fused-ring (bicyclic) bond motifs is 1. The van der Waals surface area contributed by atoms with E-state index in [0.29, 0.717) is 12.2 Å². The Balaban J connectivity index is 2.12. The predicted molar refractivity (Wildman–Crippen MR) is 93.9 cm³/mol. The Hall–Kier alpha value is -2.61. The molecule has 0 bridgehead atoms. The van der Waals surface area contributed by atoms with Crippen molar-refractivity contribution < 1.29 is 9.53 Å². The highest BCUT2D eigenvalue weighted by atomic mass is 16.5. The van der Waals surface area contributed by atoms with E-state index in [1.54, 1.807) is 0 Å². The molecule has 3 aromatic rings. The highest BCUT2D eigenvalue weighted by molar-refractivity contribution is 5.97. The lowest BCUT2D eigenvalue weighted by Crippen LogP contribution is -2.06. The van der Waals surface area contributed by atoms with E-state index in [4.69, 9.17) is 4.74 Å². The molecule has 23 heavy (non-hydrogen) atoms. The summed E-state index contributed by atoms with van der Waals surface area (Å²) in [6.07, 6.45) is 0.800. The fourth-order valence-electron chi connectivity index (χ4n) is 2.84. The van der Waals surface area contributed by atoms with E-state index in [9.17, 15) is 4.79 Å². The van der Waals surface area contributed by atoms with Gasteiger partial charge in [0.25, 0.3) is 0 Å². The van der Waals surface area contributed by atoms with Crippen molar-refractivity contribution in [3.05, 3.63) is 82.9 Å². The van der Waals surface area contributed by atoms with Crippen molar-refractivity contribution in [2.75, 3.05) is 6.61 Å². The van der Waals surface area contributed by atoms with Gasteiger partial charge in [-0.2, -0.15) is 0 Å². The molecule has 0 atom stereocenters. The van der Waals surface area contributed by atoms with Gasteiger partial charge in [-0.3, -0.25) is 0 Å². The third-order valence-electron chi connectivity index (χ3n) is 3.94. The van der Waals surface area contributed by atoms with E-state index in [-0.39, 0.29) is 5.97 Å². The lowest BCUT2D eigenvalue weighted by atomic mass is 9.95. The maximum atomic E-state index is 12.1. The molecule has 0 heterocycles. The fourth-order valence-corrected chi connectivity index (χ4v) is 2.84. The molecule has 0 unspecified atom stereocenters. The summed E-state index contributed by atoms with van der Waals surface area (Å²) in [6.45, 7) is 4.30. The fraction of sp³-hybridized carbons (Fsp3) is 0.190. The van der Waals surface area contributed by atoms with Crippen molar-refractivity contribution >= 4 is 16.7 Å². The smallest absolute Gasteiger partial charge is 0.338 e. The largest absolute Gasteiger partial charge is 0.462 e. The Morgan fingerprint density at radius 1 is 1.00 bits per heavy atom. The Morgan fingerprint density at radius 2 is 1.78 bits per heavy atom. The van der Waals surface area contributed by atoms with Gasteiger partial charge in [0.1, 0.15) is 0 Å². The standard InChI is InChI=1S/C21H20O2/c1-3-23-21(22)19-13-17-10-9-15(2)11-20(17)18(14-19)12-16-7-5-4-6-8-16/h4-11,13-14H,3,12H2,1-2H3. The Kier molecular flexibility index (Phi) is 4.42. The molecule has 0 aliphatic heterocycles. The monoisotopic (exact) mass is 304 g/mol. The van der Waals surface area contributed by atoms with Crippen LogP contribution in [0.15, 0.2) is 60.7 Å². The summed E-state index contributed by atoms with van der Waals surface area (Å²) in [5, 5.41) is 2.27. The highest BCUT2D eigenvalue weighted by Crippen LogP contribution is 2.25. The summed E-state index contributed by atoms with van der Waals surface area (Å²) in [6, 6.07) is 20.5. The van der Waals surface area contributed by atoms with Gasteiger partial charge < -0.3 is 4.74 Å². The van der Waals surface area contributed by atoms with Crippen LogP contribution in [0.2, 0.25) is 0 Å². The predicted octanol–water partition coefficient (Wildman–Crippen LogP) is 4.92. The summed E-state index contributed by atoms with van der Waals surface area (Å²) in [7, 11) is 0. The third-order valence-corrected chi connectivity index (χ3v) is 3.94. The van der Waals surface area contributed by atoms with Crippen LogP contribution in [0.5, 0.6) is 0 Å². The first-order valence-electron chi connectivity index (χ1n) is 7.91. The van der Waals surface area contributed by atoms with Crippen LogP contribution in [0.4, 0.5) is 0 Å². The number of hydrogen-bond acceptors (Lipinski definition) is 2. The van der Waals surface area contributed by atoms with E-state index < -0.39 is 0 Å². The summed E-state index contributed by atoms with van der Waals surface area (Å²) < 4.78 is 5.17. The average molecular weight is 304 g/mol. The normalized spacial score (nSPS) is 10.7. The number of benzene rings is 3. The van der Waals surface area contributed by atoms with Crippen molar-refractivity contribution in [1.82, 2.24) is 0 Å². The number of hydrogen-bond donors (Lipinski definition) is 0. The van der Waals surface area contributed by atoms with Crippen molar-refractivity contribution in [2.45, 2.75) is 20.3 Å². The van der Waals surface area contributed by atoms with Crippen LogP contribution in [0.25, 0.3) is 10.8 Å². The van der Waals surface area contributed by atoms with Crippen LogP contribution in [0.1, 0.15) is 34.0 Å². The van der Waals surface area contributed by atoms with Gasteiger partial charge in [-0.1, -0.05) is 54.1 Å². The lowest BCUT2D eigenvalue weighted by Gasteiger charge is -2.11. The molecule has 3 aromatic carbocycles. The van der Waals surface area contributed by atoms with Crippen LogP contribution in [-0.4, -0.2) is 12.6 Å². The topological polar surface area (TPSA) is 26.3 Å². The Labute approximate surface area is 136 Å². The first-order chi connectivity index (χ1) is 11.2. The molecule has 2 nitrogen and oxygen atoms in total. The zero-order chi connectivity index (χ0) is 16.2. The van der Waals surface area contributed by atoms with Gasteiger partial charge in [0.05, 0.1) is 12.2 Å². The summed E-state index contributed by atoms with van der Waals surface area (Å²) in [5.41, 5.74) is 4.22. The van der Waals surface area contributed by atoms with Gasteiger partial charge in [-0.15, -0.1) is 0 Å². The third kappa shape index (κ3) is 3.42. The van der Waals surface area contributed by atoms with E-state index in [2.05, 4.69) is 37.3 Å². The second kappa shape index (κ2) is 6.66. The van der Waals surface area contributed by atoms with E-state index in [1.165, 1.54) is 16.5 Å². The zero-order valence-corrected chi connectivity index (χ0v) is 13.5. The average Bonchev–Trinajstić information content (AvgIpc) is 2.56. The molecule has 0 N–H and O–H groups in total. The van der Waals surface area contributed by atoms with Gasteiger partial charge in [0, 0.05) is 0 Å². The van der Waals surface area contributed by atoms with Gasteiger partial charge in [0.2, 0.25) is 0 Å². The molecule has 0 amide bonds.